The molecule has 0 bridgehead atoms. The van der Waals surface area contributed by atoms with Gasteiger partial charge in [0.05, 0.1) is 10.7 Å². The molecule has 1 N–H and O–H groups in total. The highest BCUT2D eigenvalue weighted by Crippen LogP contribution is 2.35. The van der Waals surface area contributed by atoms with Crippen molar-refractivity contribution in [2.24, 2.45) is 0 Å². The Labute approximate surface area is 194 Å². The molecule has 4 aromatic rings. The SMILES string of the molecule is N#C/C(=C(/O)c1ccc(-c2cc(Cl)ccc2Cl)o1)c1nc(-c2ccc(Br)cc2)cs1. The molecule has 8 heteroatoms. The molecule has 0 radical (unpaired) electrons. The number of aromatic nitrogens is 1. The maximum absolute atomic E-state index is 10.7. The van der Waals surface area contributed by atoms with Crippen LogP contribution in [0.4, 0.5) is 0 Å². The number of benzene rings is 2. The van der Waals surface area contributed by atoms with E-state index in [1.165, 1.54) is 11.3 Å². The number of aliphatic hydroxyl groups is 1. The van der Waals surface area contributed by atoms with Crippen LogP contribution in [0.3, 0.4) is 0 Å². The number of aliphatic hydroxyl groups excluding tert-OH is 1. The Balaban J connectivity index is 1.70. The van der Waals surface area contributed by atoms with Crippen LogP contribution in [0.25, 0.3) is 33.9 Å². The predicted molar refractivity (Wildman–Crippen MR) is 124 cm³/mol. The van der Waals surface area contributed by atoms with Crippen LogP contribution in [0.1, 0.15) is 10.8 Å². The van der Waals surface area contributed by atoms with E-state index in [-0.39, 0.29) is 17.1 Å². The Morgan fingerprint density at radius 2 is 1.87 bits per heavy atom. The highest BCUT2D eigenvalue weighted by Gasteiger charge is 2.19. The van der Waals surface area contributed by atoms with Gasteiger partial charge in [-0.2, -0.15) is 5.26 Å². The Morgan fingerprint density at radius 1 is 1.10 bits per heavy atom. The first-order chi connectivity index (χ1) is 14.5. The van der Waals surface area contributed by atoms with Gasteiger partial charge in [-0.25, -0.2) is 4.98 Å². The molecule has 0 saturated carbocycles. The Hall–Kier alpha value is -2.56. The molecule has 2 heterocycles. The van der Waals surface area contributed by atoms with Gasteiger partial charge < -0.3 is 9.52 Å². The second kappa shape index (κ2) is 8.66. The average molecular weight is 518 g/mol. The Morgan fingerprint density at radius 3 is 2.60 bits per heavy atom. The zero-order valence-electron chi connectivity index (χ0n) is 15.1. The van der Waals surface area contributed by atoms with Gasteiger partial charge >= 0.3 is 0 Å². The summed E-state index contributed by atoms with van der Waals surface area (Å²) in [5.41, 5.74) is 2.25. The number of thiazole rings is 1. The second-order valence-corrected chi connectivity index (χ2v) is 8.79. The van der Waals surface area contributed by atoms with E-state index in [9.17, 15) is 10.4 Å². The summed E-state index contributed by atoms with van der Waals surface area (Å²) < 4.78 is 6.71. The summed E-state index contributed by atoms with van der Waals surface area (Å²) in [5, 5.41) is 23.5. The van der Waals surface area contributed by atoms with E-state index in [2.05, 4.69) is 20.9 Å². The van der Waals surface area contributed by atoms with E-state index in [4.69, 9.17) is 27.6 Å². The van der Waals surface area contributed by atoms with Crippen molar-refractivity contribution < 1.29 is 9.52 Å². The van der Waals surface area contributed by atoms with E-state index >= 15 is 0 Å². The molecule has 0 atom stereocenters. The summed E-state index contributed by atoms with van der Waals surface area (Å²) in [5.74, 6) is 0.271. The minimum absolute atomic E-state index is 0.0291. The van der Waals surface area contributed by atoms with Gasteiger partial charge in [-0.3, -0.25) is 0 Å². The molecule has 2 aromatic heterocycles. The highest BCUT2D eigenvalue weighted by molar-refractivity contribution is 9.10. The van der Waals surface area contributed by atoms with Gasteiger partial charge in [-0.1, -0.05) is 51.3 Å². The Bertz CT molecular complexity index is 1300. The molecular weight excluding hydrogens is 507 g/mol. The third kappa shape index (κ3) is 4.16. The maximum Gasteiger partial charge on any atom is 0.179 e. The normalized spacial score (nSPS) is 11.8. The molecule has 0 unspecified atom stereocenters. The van der Waals surface area contributed by atoms with Gasteiger partial charge in [0, 0.05) is 26.0 Å². The van der Waals surface area contributed by atoms with Crippen molar-refractivity contribution in [3.63, 3.8) is 0 Å². The van der Waals surface area contributed by atoms with Crippen molar-refractivity contribution >= 4 is 61.8 Å². The number of rotatable bonds is 4. The summed E-state index contributed by atoms with van der Waals surface area (Å²) in [6.07, 6.45) is 0. The molecule has 30 heavy (non-hydrogen) atoms. The summed E-state index contributed by atoms with van der Waals surface area (Å²) in [7, 11) is 0. The quantitative estimate of drug-likeness (QED) is 0.219. The lowest BCUT2D eigenvalue weighted by Crippen LogP contribution is -1.89. The molecule has 0 fully saturated rings. The number of hydrogen-bond acceptors (Lipinski definition) is 5. The summed E-state index contributed by atoms with van der Waals surface area (Å²) >= 11 is 16.9. The van der Waals surface area contributed by atoms with Crippen molar-refractivity contribution in [2.45, 2.75) is 0 Å². The third-order valence-electron chi connectivity index (χ3n) is 4.24. The topological polar surface area (TPSA) is 70.0 Å². The summed E-state index contributed by atoms with van der Waals surface area (Å²) in [4.78, 5) is 4.50. The number of nitriles is 1. The van der Waals surface area contributed by atoms with Crippen molar-refractivity contribution in [1.82, 2.24) is 4.98 Å². The molecule has 2 aromatic carbocycles. The first-order valence-electron chi connectivity index (χ1n) is 8.57. The molecule has 0 spiro atoms. The number of halogens is 3. The largest absolute Gasteiger partial charge is 0.503 e. The number of furan rings is 1. The van der Waals surface area contributed by atoms with Crippen molar-refractivity contribution in [1.29, 1.82) is 5.26 Å². The maximum atomic E-state index is 10.7. The lowest BCUT2D eigenvalue weighted by molar-refractivity contribution is 0.466. The van der Waals surface area contributed by atoms with Crippen LogP contribution in [0.2, 0.25) is 10.0 Å². The Kier molecular flexibility index (Phi) is 5.98. The number of allylic oxidation sites excluding steroid dienone is 1. The zero-order valence-corrected chi connectivity index (χ0v) is 19.0. The molecule has 0 saturated heterocycles. The van der Waals surface area contributed by atoms with Crippen LogP contribution in [0.15, 0.2) is 68.9 Å². The van der Waals surface area contributed by atoms with Crippen LogP contribution >= 0.6 is 50.5 Å². The molecule has 0 aliphatic heterocycles. The number of nitrogens with zero attached hydrogens (tertiary/aromatic N) is 2. The van der Waals surface area contributed by atoms with Crippen molar-refractivity contribution in [2.75, 3.05) is 0 Å². The third-order valence-corrected chi connectivity index (χ3v) is 6.19. The molecular formula is C22H11BrCl2N2O2S. The van der Waals surface area contributed by atoms with Gasteiger partial charge in [-0.15, -0.1) is 11.3 Å². The van der Waals surface area contributed by atoms with E-state index < -0.39 is 0 Å². The fraction of sp³-hybridized carbons (Fsp3) is 0. The summed E-state index contributed by atoms with van der Waals surface area (Å²) in [6, 6.07) is 17.9. The minimum Gasteiger partial charge on any atom is -0.503 e. The van der Waals surface area contributed by atoms with Gasteiger partial charge in [0.15, 0.2) is 11.5 Å². The van der Waals surface area contributed by atoms with E-state index in [0.717, 1.165) is 10.0 Å². The molecule has 0 aliphatic rings. The number of hydrogen-bond donors (Lipinski definition) is 1. The van der Waals surface area contributed by atoms with Crippen LogP contribution in [-0.4, -0.2) is 10.1 Å². The molecule has 4 nitrogen and oxygen atoms in total. The molecule has 0 aliphatic carbocycles. The summed E-state index contributed by atoms with van der Waals surface area (Å²) in [6.45, 7) is 0. The monoisotopic (exact) mass is 516 g/mol. The van der Waals surface area contributed by atoms with Gasteiger partial charge in [-0.05, 0) is 42.5 Å². The molecule has 4 rings (SSSR count). The lowest BCUT2D eigenvalue weighted by atomic mass is 10.1. The van der Waals surface area contributed by atoms with Crippen LogP contribution in [-0.2, 0) is 0 Å². The van der Waals surface area contributed by atoms with Gasteiger partial charge in [0.2, 0.25) is 0 Å². The van der Waals surface area contributed by atoms with Crippen LogP contribution in [0.5, 0.6) is 0 Å². The van der Waals surface area contributed by atoms with E-state index in [0.29, 0.717) is 32.1 Å². The first-order valence-corrected chi connectivity index (χ1v) is 11.0. The van der Waals surface area contributed by atoms with Crippen LogP contribution < -0.4 is 0 Å². The van der Waals surface area contributed by atoms with Gasteiger partial charge in [0.1, 0.15) is 22.4 Å². The zero-order chi connectivity index (χ0) is 21.3. The van der Waals surface area contributed by atoms with Crippen molar-refractivity contribution in [3.05, 3.63) is 85.3 Å². The standard InChI is InChI=1S/C22H11BrCl2N2O2S/c23-13-3-1-12(2-4-13)18-11-30-22(27-18)16(10-26)21(28)20-8-7-19(29-20)15-9-14(24)5-6-17(15)25/h1-9,11,28H/b21-16-. The fourth-order valence-electron chi connectivity index (χ4n) is 2.76. The molecule has 148 valence electrons. The van der Waals surface area contributed by atoms with Crippen LogP contribution in [0, 0.1) is 11.3 Å². The minimum atomic E-state index is -0.293. The fourth-order valence-corrected chi connectivity index (χ4v) is 4.23. The lowest BCUT2D eigenvalue weighted by Gasteiger charge is -2.02. The highest BCUT2D eigenvalue weighted by atomic mass is 79.9. The smallest absolute Gasteiger partial charge is 0.179 e. The van der Waals surface area contributed by atoms with Crippen molar-refractivity contribution in [3.8, 4) is 28.7 Å². The van der Waals surface area contributed by atoms with E-state index in [1.54, 1.807) is 30.3 Å². The second-order valence-electron chi connectivity index (χ2n) is 6.17. The predicted octanol–water partition coefficient (Wildman–Crippen LogP) is 8.09. The average Bonchev–Trinajstić information content (AvgIpc) is 3.41. The van der Waals surface area contributed by atoms with E-state index in [1.807, 2.05) is 35.7 Å². The first kappa shape index (κ1) is 20.7. The van der Waals surface area contributed by atoms with Gasteiger partial charge in [0.25, 0.3) is 0 Å². The molecule has 0 amide bonds.